The second kappa shape index (κ2) is 6.93. The number of fused-ring (bicyclic) bond motifs is 1. The smallest absolute Gasteiger partial charge is 0.318 e. The molecule has 0 aliphatic rings. The Labute approximate surface area is 153 Å². The van der Waals surface area contributed by atoms with Crippen molar-refractivity contribution in [3.05, 3.63) is 47.1 Å². The second-order valence-corrected chi connectivity index (χ2v) is 6.99. The van der Waals surface area contributed by atoms with E-state index in [9.17, 15) is 13.2 Å². The van der Waals surface area contributed by atoms with Crippen LogP contribution in [0.3, 0.4) is 0 Å². The Bertz CT molecular complexity index is 882. The van der Waals surface area contributed by atoms with Crippen molar-refractivity contribution >= 4 is 50.3 Å². The minimum absolute atomic E-state index is 0.0488. The quantitative estimate of drug-likeness (QED) is 0.495. The van der Waals surface area contributed by atoms with Gasteiger partial charge < -0.3 is 4.57 Å². The number of hydrogen-bond acceptors (Lipinski definition) is 3. The van der Waals surface area contributed by atoms with Crippen molar-refractivity contribution in [2.75, 3.05) is 5.33 Å². The largest absolute Gasteiger partial charge is 0.417 e. The van der Waals surface area contributed by atoms with Crippen LogP contribution in [-0.2, 0) is 12.7 Å². The predicted octanol–water partition coefficient (Wildman–Crippen LogP) is 5.65. The van der Waals surface area contributed by atoms with Crippen LogP contribution < -0.4 is 0 Å². The van der Waals surface area contributed by atoms with Gasteiger partial charge in [-0.3, -0.25) is 0 Å². The number of halogens is 5. The summed E-state index contributed by atoms with van der Waals surface area (Å²) < 4.78 is 40.1. The SMILES string of the molecule is FC(F)(F)c1cnc(Sc2nc3ccccc3n2CCBr)c(Cl)c1. The summed E-state index contributed by atoms with van der Waals surface area (Å²) in [6, 6.07) is 8.50. The van der Waals surface area contributed by atoms with Crippen LogP contribution in [0.15, 0.2) is 46.7 Å². The fraction of sp³-hybridized carbons (Fsp3) is 0.200. The minimum atomic E-state index is -4.47. The summed E-state index contributed by atoms with van der Waals surface area (Å²) in [5.74, 6) is 0. The van der Waals surface area contributed by atoms with E-state index in [0.717, 1.165) is 40.4 Å². The van der Waals surface area contributed by atoms with Crippen molar-refractivity contribution in [3.8, 4) is 0 Å². The Morgan fingerprint density at radius 1 is 1.25 bits per heavy atom. The van der Waals surface area contributed by atoms with Crippen LogP contribution in [0, 0.1) is 0 Å². The summed E-state index contributed by atoms with van der Waals surface area (Å²) >= 11 is 10.5. The van der Waals surface area contributed by atoms with Gasteiger partial charge in [-0.2, -0.15) is 13.2 Å². The molecule has 2 aromatic heterocycles. The molecular weight excluding hydrogens is 427 g/mol. The second-order valence-electron chi connectivity index (χ2n) is 4.83. The van der Waals surface area contributed by atoms with E-state index in [4.69, 9.17) is 11.6 Å². The first-order chi connectivity index (χ1) is 11.4. The van der Waals surface area contributed by atoms with E-state index in [2.05, 4.69) is 25.9 Å². The van der Waals surface area contributed by atoms with Gasteiger partial charge >= 0.3 is 6.18 Å². The van der Waals surface area contributed by atoms with Gasteiger partial charge in [-0.1, -0.05) is 39.7 Å². The van der Waals surface area contributed by atoms with Crippen LogP contribution in [0.1, 0.15) is 5.56 Å². The molecule has 0 aliphatic carbocycles. The lowest BCUT2D eigenvalue weighted by atomic mass is 10.3. The van der Waals surface area contributed by atoms with Gasteiger partial charge in [-0.15, -0.1) is 0 Å². The van der Waals surface area contributed by atoms with Crippen molar-refractivity contribution < 1.29 is 13.2 Å². The standard InChI is InChI=1S/C15H10BrClF3N3S/c16-5-6-23-12-4-2-1-3-11(12)22-14(23)24-13-10(17)7-9(8-21-13)15(18,19)20/h1-4,7-8H,5-6H2. The fourth-order valence-electron chi connectivity index (χ4n) is 2.17. The summed E-state index contributed by atoms with van der Waals surface area (Å²) in [5.41, 5.74) is 0.886. The predicted molar refractivity (Wildman–Crippen MR) is 91.9 cm³/mol. The Hall–Kier alpha value is -1.25. The summed E-state index contributed by atoms with van der Waals surface area (Å²) in [4.78, 5) is 8.38. The maximum atomic E-state index is 12.7. The lowest BCUT2D eigenvalue weighted by Crippen LogP contribution is -2.06. The number of rotatable bonds is 4. The molecule has 2 heterocycles. The highest BCUT2D eigenvalue weighted by molar-refractivity contribution is 9.09. The maximum Gasteiger partial charge on any atom is 0.417 e. The van der Waals surface area contributed by atoms with Crippen LogP contribution in [0.25, 0.3) is 11.0 Å². The number of para-hydroxylation sites is 2. The molecule has 24 heavy (non-hydrogen) atoms. The summed E-state index contributed by atoms with van der Waals surface area (Å²) in [6.07, 6.45) is -3.69. The third-order valence-electron chi connectivity index (χ3n) is 3.25. The molecule has 0 fully saturated rings. The summed E-state index contributed by atoms with van der Waals surface area (Å²) in [7, 11) is 0. The van der Waals surface area contributed by atoms with Crippen LogP contribution in [0.4, 0.5) is 13.2 Å². The zero-order chi connectivity index (χ0) is 17.3. The highest BCUT2D eigenvalue weighted by Crippen LogP contribution is 2.36. The van der Waals surface area contributed by atoms with Gasteiger partial charge in [-0.25, -0.2) is 9.97 Å². The van der Waals surface area contributed by atoms with Crippen LogP contribution in [-0.4, -0.2) is 19.9 Å². The van der Waals surface area contributed by atoms with E-state index < -0.39 is 11.7 Å². The van der Waals surface area contributed by atoms with Gasteiger partial charge in [0.15, 0.2) is 5.16 Å². The number of hydrogen-bond donors (Lipinski definition) is 0. The molecule has 0 unspecified atom stereocenters. The molecule has 0 spiro atoms. The van der Waals surface area contributed by atoms with E-state index in [1.165, 1.54) is 0 Å². The Kier molecular flexibility index (Phi) is 5.08. The maximum absolute atomic E-state index is 12.7. The molecule has 9 heteroatoms. The van der Waals surface area contributed by atoms with Crippen molar-refractivity contribution in [1.29, 1.82) is 0 Å². The van der Waals surface area contributed by atoms with Gasteiger partial charge in [0.05, 0.1) is 21.6 Å². The molecule has 1 aromatic carbocycles. The van der Waals surface area contributed by atoms with Gasteiger partial charge in [0.2, 0.25) is 0 Å². The van der Waals surface area contributed by atoms with Crippen molar-refractivity contribution in [2.45, 2.75) is 22.9 Å². The van der Waals surface area contributed by atoms with E-state index in [-0.39, 0.29) is 10.0 Å². The van der Waals surface area contributed by atoms with Gasteiger partial charge in [0.1, 0.15) is 5.03 Å². The van der Waals surface area contributed by atoms with E-state index >= 15 is 0 Å². The molecular formula is C15H10BrClF3N3S. The van der Waals surface area contributed by atoms with Gasteiger partial charge in [0, 0.05) is 18.1 Å². The molecule has 3 aromatic rings. The third-order valence-corrected chi connectivity index (χ3v) is 5.02. The Morgan fingerprint density at radius 3 is 2.67 bits per heavy atom. The van der Waals surface area contributed by atoms with Gasteiger partial charge in [-0.05, 0) is 30.0 Å². The van der Waals surface area contributed by atoms with E-state index in [1.807, 2.05) is 28.8 Å². The lowest BCUT2D eigenvalue weighted by molar-refractivity contribution is -0.137. The fourth-order valence-corrected chi connectivity index (χ4v) is 3.69. The lowest BCUT2D eigenvalue weighted by Gasteiger charge is -2.10. The molecule has 0 aliphatic heterocycles. The summed E-state index contributed by atoms with van der Waals surface area (Å²) in [6.45, 7) is 0.668. The van der Waals surface area contributed by atoms with Crippen molar-refractivity contribution in [1.82, 2.24) is 14.5 Å². The van der Waals surface area contributed by atoms with E-state index in [1.54, 1.807) is 0 Å². The third kappa shape index (κ3) is 3.55. The number of aromatic nitrogens is 3. The normalized spacial score (nSPS) is 12.0. The molecule has 0 bridgehead atoms. The molecule has 0 radical (unpaired) electrons. The monoisotopic (exact) mass is 435 g/mol. The first-order valence-corrected chi connectivity index (χ1v) is 9.13. The average molecular weight is 437 g/mol. The zero-order valence-corrected chi connectivity index (χ0v) is 15.2. The number of pyridine rings is 1. The first kappa shape index (κ1) is 17.6. The molecule has 3 nitrogen and oxygen atoms in total. The number of benzene rings is 1. The molecule has 126 valence electrons. The van der Waals surface area contributed by atoms with Crippen molar-refractivity contribution in [2.24, 2.45) is 0 Å². The highest BCUT2D eigenvalue weighted by atomic mass is 79.9. The highest BCUT2D eigenvalue weighted by Gasteiger charge is 2.31. The van der Waals surface area contributed by atoms with Crippen LogP contribution in [0.2, 0.25) is 5.02 Å². The number of aryl methyl sites for hydroxylation is 1. The molecule has 3 rings (SSSR count). The van der Waals surface area contributed by atoms with Gasteiger partial charge in [0.25, 0.3) is 0 Å². The van der Waals surface area contributed by atoms with Crippen LogP contribution >= 0.6 is 39.3 Å². The van der Waals surface area contributed by atoms with Crippen molar-refractivity contribution in [3.63, 3.8) is 0 Å². The number of imidazole rings is 1. The Morgan fingerprint density at radius 2 is 2.00 bits per heavy atom. The zero-order valence-electron chi connectivity index (χ0n) is 12.0. The number of nitrogens with zero attached hydrogens (tertiary/aromatic N) is 3. The number of alkyl halides is 4. The average Bonchev–Trinajstić information content (AvgIpc) is 2.87. The molecule has 0 amide bonds. The molecule has 0 saturated heterocycles. The van der Waals surface area contributed by atoms with Crippen LogP contribution in [0.5, 0.6) is 0 Å². The molecule has 0 N–H and O–H groups in total. The summed E-state index contributed by atoms with van der Waals surface area (Å²) in [5, 5.41) is 1.59. The molecule has 0 atom stereocenters. The topological polar surface area (TPSA) is 30.7 Å². The minimum Gasteiger partial charge on any atom is -0.318 e. The van der Waals surface area contributed by atoms with E-state index in [0.29, 0.717) is 11.7 Å². The molecule has 0 saturated carbocycles. The Balaban J connectivity index is 1.99. The first-order valence-electron chi connectivity index (χ1n) is 6.82.